The van der Waals surface area contributed by atoms with Crippen molar-refractivity contribution in [3.63, 3.8) is 0 Å². The Morgan fingerprint density at radius 1 is 0.939 bits per heavy atom. The minimum atomic E-state index is -0.515. The summed E-state index contributed by atoms with van der Waals surface area (Å²) in [7, 11) is 0. The van der Waals surface area contributed by atoms with Crippen LogP contribution in [-0.4, -0.2) is 24.6 Å². The van der Waals surface area contributed by atoms with Gasteiger partial charge in [0.25, 0.3) is 5.91 Å². The normalized spacial score (nSPS) is 11.2. The molecule has 4 rings (SSSR count). The van der Waals surface area contributed by atoms with Crippen LogP contribution in [0.4, 0.5) is 5.69 Å². The Morgan fingerprint density at radius 2 is 1.76 bits per heavy atom. The number of carbonyl (C=O) groups excluding carboxylic acids is 2. The van der Waals surface area contributed by atoms with Gasteiger partial charge in [0.15, 0.2) is 0 Å². The van der Waals surface area contributed by atoms with Crippen LogP contribution >= 0.6 is 0 Å². The van der Waals surface area contributed by atoms with Crippen LogP contribution in [0.5, 0.6) is 5.75 Å². The second kappa shape index (κ2) is 10.6. The number of hydrazone groups is 1. The number of nitrogens with zero attached hydrogens (tertiary/aromatic N) is 1. The largest absolute Gasteiger partial charge is 0.465 e. The summed E-state index contributed by atoms with van der Waals surface area (Å²) in [6.45, 7) is 0.0890. The monoisotopic (exact) mass is 439 g/mol. The lowest BCUT2D eigenvalue weighted by Gasteiger charge is -2.08. The van der Waals surface area contributed by atoms with Crippen LogP contribution in [0.15, 0.2) is 101 Å². The Hall–Kier alpha value is -4.65. The molecule has 0 aliphatic rings. The number of carbonyl (C=O) groups is 2. The fourth-order valence-electron chi connectivity index (χ4n) is 3.08. The predicted octanol–water partition coefficient (Wildman–Crippen LogP) is 4.61. The second-order valence-electron chi connectivity index (χ2n) is 7.01. The smallest absolute Gasteiger partial charge is 0.336 e. The molecule has 1 heterocycles. The van der Waals surface area contributed by atoms with E-state index in [1.807, 2.05) is 42.5 Å². The topological polar surface area (TPSA) is 92.9 Å². The zero-order chi connectivity index (χ0) is 22.9. The van der Waals surface area contributed by atoms with Gasteiger partial charge in [-0.25, -0.2) is 10.2 Å². The maximum absolute atomic E-state index is 12.1. The van der Waals surface area contributed by atoms with Gasteiger partial charge >= 0.3 is 5.97 Å². The summed E-state index contributed by atoms with van der Waals surface area (Å²) in [6, 6.07) is 24.1. The molecule has 1 amide bonds. The molecule has 4 aromatic rings. The number of benzene rings is 3. The van der Waals surface area contributed by atoms with Gasteiger partial charge in [0, 0.05) is 17.1 Å². The van der Waals surface area contributed by atoms with Gasteiger partial charge in [-0.2, -0.15) is 5.10 Å². The summed E-state index contributed by atoms with van der Waals surface area (Å²) in [4.78, 5) is 24.0. The van der Waals surface area contributed by atoms with E-state index in [2.05, 4.69) is 15.8 Å². The van der Waals surface area contributed by atoms with Crippen molar-refractivity contribution in [3.05, 3.63) is 103 Å². The van der Waals surface area contributed by atoms with Crippen molar-refractivity contribution in [1.82, 2.24) is 5.43 Å². The summed E-state index contributed by atoms with van der Waals surface area (Å²) in [5.41, 5.74) is 4.12. The Bertz CT molecular complexity index is 1290. The van der Waals surface area contributed by atoms with E-state index < -0.39 is 5.97 Å². The van der Waals surface area contributed by atoms with Crippen molar-refractivity contribution < 1.29 is 18.7 Å². The number of hydrogen-bond acceptors (Lipinski definition) is 6. The number of furan rings is 1. The van der Waals surface area contributed by atoms with Gasteiger partial charge < -0.3 is 14.5 Å². The van der Waals surface area contributed by atoms with Crippen molar-refractivity contribution in [2.24, 2.45) is 5.10 Å². The molecule has 0 bridgehead atoms. The van der Waals surface area contributed by atoms with E-state index >= 15 is 0 Å². The Morgan fingerprint density at radius 3 is 2.58 bits per heavy atom. The van der Waals surface area contributed by atoms with E-state index in [4.69, 9.17) is 9.15 Å². The maximum Gasteiger partial charge on any atom is 0.336 e. The van der Waals surface area contributed by atoms with Crippen LogP contribution in [-0.2, 0) is 9.59 Å². The second-order valence-corrected chi connectivity index (χ2v) is 7.01. The van der Waals surface area contributed by atoms with Crippen molar-refractivity contribution in [2.45, 2.75) is 0 Å². The summed E-state index contributed by atoms with van der Waals surface area (Å²) in [6.07, 6.45) is 5.85. The molecule has 3 aromatic carbocycles. The molecule has 0 aliphatic heterocycles. The summed E-state index contributed by atoms with van der Waals surface area (Å²) >= 11 is 0. The van der Waals surface area contributed by atoms with Gasteiger partial charge in [0.2, 0.25) is 0 Å². The Kier molecular flexibility index (Phi) is 6.92. The first-order valence-corrected chi connectivity index (χ1v) is 10.2. The number of hydrogen-bond donors (Lipinski definition) is 2. The number of anilines is 1. The summed E-state index contributed by atoms with van der Waals surface area (Å²) in [5.74, 6) is 0.171. The third kappa shape index (κ3) is 6.18. The zero-order valence-corrected chi connectivity index (χ0v) is 17.6. The minimum Gasteiger partial charge on any atom is -0.465 e. The molecule has 0 radical (unpaired) electrons. The fourth-order valence-corrected chi connectivity index (χ4v) is 3.08. The first kappa shape index (κ1) is 21.6. The summed E-state index contributed by atoms with van der Waals surface area (Å²) < 4.78 is 10.3. The van der Waals surface area contributed by atoms with Gasteiger partial charge in [-0.3, -0.25) is 4.79 Å². The molecule has 1 aromatic heterocycles. The van der Waals surface area contributed by atoms with Crippen LogP contribution < -0.4 is 15.5 Å². The Labute approximate surface area is 190 Å². The highest BCUT2D eigenvalue weighted by atomic mass is 16.5. The van der Waals surface area contributed by atoms with Crippen LogP contribution in [0.25, 0.3) is 16.8 Å². The molecule has 0 unspecified atom stereocenters. The number of amides is 1. The first-order chi connectivity index (χ1) is 16.2. The molecule has 0 saturated heterocycles. The molecule has 0 spiro atoms. The standard InChI is InChI=1S/C26H21N3O4/c30-25(18-27-24-9-3-6-20-5-1-2-8-23(20)24)29-28-17-19-10-12-22(13-11-19)33-26(31)15-14-21-7-4-16-32-21/h1-17,27H,18H2,(H,29,30)/b15-14+,28-17-. The first-order valence-electron chi connectivity index (χ1n) is 10.2. The molecule has 33 heavy (non-hydrogen) atoms. The number of ether oxygens (including phenoxy) is 1. The highest BCUT2D eigenvalue weighted by molar-refractivity contribution is 5.95. The van der Waals surface area contributed by atoms with E-state index in [0.717, 1.165) is 22.0 Å². The van der Waals surface area contributed by atoms with Crippen molar-refractivity contribution in [3.8, 4) is 5.75 Å². The van der Waals surface area contributed by atoms with Crippen LogP contribution in [0.2, 0.25) is 0 Å². The highest BCUT2D eigenvalue weighted by Crippen LogP contribution is 2.22. The zero-order valence-electron chi connectivity index (χ0n) is 17.6. The maximum atomic E-state index is 12.1. The average Bonchev–Trinajstić information content (AvgIpc) is 3.36. The van der Waals surface area contributed by atoms with Crippen LogP contribution in [0, 0.1) is 0 Å². The van der Waals surface area contributed by atoms with E-state index in [0.29, 0.717) is 11.5 Å². The summed E-state index contributed by atoms with van der Waals surface area (Å²) in [5, 5.41) is 9.26. The fraction of sp³-hybridized carbons (Fsp3) is 0.0385. The highest BCUT2D eigenvalue weighted by Gasteiger charge is 2.04. The number of nitrogens with one attached hydrogen (secondary N) is 2. The van der Waals surface area contributed by atoms with Gasteiger partial charge in [0.1, 0.15) is 11.5 Å². The third-order valence-electron chi connectivity index (χ3n) is 4.66. The predicted molar refractivity (Wildman–Crippen MR) is 128 cm³/mol. The molecule has 0 fully saturated rings. The SMILES string of the molecule is O=C(CNc1cccc2ccccc12)N/N=C\c1ccc(OC(=O)/C=C/c2ccco2)cc1. The number of esters is 1. The molecule has 0 saturated carbocycles. The van der Waals surface area contributed by atoms with Gasteiger partial charge in [-0.15, -0.1) is 0 Å². The van der Waals surface area contributed by atoms with Gasteiger partial charge in [-0.05, 0) is 59.5 Å². The lowest BCUT2D eigenvalue weighted by Crippen LogP contribution is -2.25. The molecule has 2 N–H and O–H groups in total. The Balaban J connectivity index is 1.24. The van der Waals surface area contributed by atoms with Crippen molar-refractivity contribution in [1.29, 1.82) is 0 Å². The van der Waals surface area contributed by atoms with Crippen LogP contribution in [0.3, 0.4) is 0 Å². The van der Waals surface area contributed by atoms with Crippen molar-refractivity contribution >= 4 is 40.6 Å². The minimum absolute atomic E-state index is 0.0890. The quantitative estimate of drug-likeness (QED) is 0.137. The van der Waals surface area contributed by atoms with E-state index in [1.54, 1.807) is 36.4 Å². The third-order valence-corrected chi connectivity index (χ3v) is 4.66. The molecule has 7 heteroatoms. The van der Waals surface area contributed by atoms with Gasteiger partial charge in [0.05, 0.1) is 19.0 Å². The molecule has 7 nitrogen and oxygen atoms in total. The molecular formula is C26H21N3O4. The lowest BCUT2D eigenvalue weighted by molar-refractivity contribution is -0.129. The van der Waals surface area contributed by atoms with E-state index in [9.17, 15) is 9.59 Å². The number of rotatable bonds is 8. The van der Waals surface area contributed by atoms with E-state index in [-0.39, 0.29) is 12.5 Å². The number of fused-ring (bicyclic) bond motifs is 1. The molecule has 164 valence electrons. The van der Waals surface area contributed by atoms with E-state index in [1.165, 1.54) is 24.6 Å². The van der Waals surface area contributed by atoms with Gasteiger partial charge in [-0.1, -0.05) is 36.4 Å². The lowest BCUT2D eigenvalue weighted by atomic mass is 10.1. The average molecular weight is 439 g/mol. The van der Waals surface area contributed by atoms with Crippen molar-refractivity contribution in [2.75, 3.05) is 11.9 Å². The molecule has 0 aliphatic carbocycles. The molecular weight excluding hydrogens is 418 g/mol. The molecule has 0 atom stereocenters. The van der Waals surface area contributed by atoms with Crippen LogP contribution in [0.1, 0.15) is 11.3 Å².